The minimum Gasteiger partial charge on any atom is -0.478 e. The van der Waals surface area contributed by atoms with Crippen molar-refractivity contribution in [2.24, 2.45) is 35.3 Å². The van der Waals surface area contributed by atoms with Crippen molar-refractivity contribution in [2.75, 3.05) is 154 Å². The van der Waals surface area contributed by atoms with Crippen LogP contribution in [-0.2, 0) is 50.1 Å². The third-order valence-electron chi connectivity index (χ3n) is 21.7. The second kappa shape index (κ2) is 41.4. The predicted molar refractivity (Wildman–Crippen MR) is 470 cm³/mol. The second-order valence-corrected chi connectivity index (χ2v) is 40.9. The Morgan fingerprint density at radius 3 is 1.02 bits per heavy atom. The number of hydrogen-bond acceptors (Lipinski definition) is 28. The minimum atomic E-state index is -3.25. The lowest BCUT2D eigenvalue weighted by atomic mass is 9.98. The van der Waals surface area contributed by atoms with Crippen molar-refractivity contribution in [3.05, 3.63) is 156 Å². The highest BCUT2D eigenvalue weighted by Gasteiger charge is 2.31. The van der Waals surface area contributed by atoms with Crippen LogP contribution in [0.2, 0.25) is 0 Å². The summed E-state index contributed by atoms with van der Waals surface area (Å²) in [7, 11) is -16.1. The number of carboxylic acid groups (broad SMARTS) is 2. The number of hydrogen-bond donors (Lipinski definition) is 8. The number of rotatable bonds is 23. The van der Waals surface area contributed by atoms with E-state index in [1.54, 1.807) is 37.3 Å². The Morgan fingerprint density at radius 1 is 0.392 bits per heavy atom. The van der Waals surface area contributed by atoms with Crippen molar-refractivity contribution < 1.29 is 79.9 Å². The van der Waals surface area contributed by atoms with E-state index in [1.807, 2.05) is 9.80 Å². The third kappa shape index (κ3) is 27.0. The summed E-state index contributed by atoms with van der Waals surface area (Å²) >= 11 is 0. The molecule has 5 atom stereocenters. The summed E-state index contributed by atoms with van der Waals surface area (Å²) in [5.41, 5.74) is 8.78. The monoisotopic (exact) mass is 1820 g/mol. The molecule has 5 aromatic carbocycles. The number of benzene rings is 5. The Balaban J connectivity index is 0.000000152. The van der Waals surface area contributed by atoms with E-state index in [9.17, 15) is 74.8 Å². The molecule has 5 fully saturated rings. The van der Waals surface area contributed by atoms with Gasteiger partial charge in [0, 0.05) is 125 Å². The molecule has 10 heterocycles. The Kier molecular flexibility index (Phi) is 31.4. The zero-order valence-electron chi connectivity index (χ0n) is 69.5. The Labute approximate surface area is 722 Å². The van der Waals surface area contributed by atoms with Gasteiger partial charge in [0.05, 0.1) is 82.1 Å². The highest BCUT2D eigenvalue weighted by Crippen LogP contribution is 2.36. The maximum absolute atomic E-state index is 14.2. The van der Waals surface area contributed by atoms with Gasteiger partial charge < -0.3 is 40.4 Å². The van der Waals surface area contributed by atoms with Crippen LogP contribution in [0.3, 0.4) is 0 Å². The lowest BCUT2D eigenvalue weighted by Gasteiger charge is -2.34. The fourth-order valence-electron chi connectivity index (χ4n) is 15.6. The smallest absolute Gasteiger partial charge is 0.335 e. The van der Waals surface area contributed by atoms with Crippen molar-refractivity contribution >= 4 is 157 Å². The Hall–Kier alpha value is -11.0. The lowest BCUT2D eigenvalue weighted by Crippen LogP contribution is -2.41. The molecular formula is C80H99F3N22O15S5. The predicted octanol–water partition coefficient (Wildman–Crippen LogP) is 6.75. The van der Waals surface area contributed by atoms with Gasteiger partial charge in [-0.05, 0) is 179 Å². The summed E-state index contributed by atoms with van der Waals surface area (Å²) in [5, 5.41) is 21.6. The van der Waals surface area contributed by atoms with Crippen molar-refractivity contribution in [1.82, 2.24) is 73.5 Å². The van der Waals surface area contributed by atoms with E-state index >= 15 is 0 Å². The van der Waals surface area contributed by atoms with E-state index in [1.165, 1.54) is 74.1 Å². The van der Waals surface area contributed by atoms with Crippen LogP contribution in [0.15, 0.2) is 104 Å². The molecule has 5 aromatic heterocycles. The number of carbonyl (C=O) groups excluding carboxylic acids is 1. The molecule has 125 heavy (non-hydrogen) atoms. The summed E-state index contributed by atoms with van der Waals surface area (Å²) in [4.78, 5) is 89.7. The molecule has 0 bridgehead atoms. The molecule has 670 valence electrons. The van der Waals surface area contributed by atoms with Gasteiger partial charge in [-0.1, -0.05) is 0 Å². The molecule has 5 aliphatic heterocycles. The summed E-state index contributed by atoms with van der Waals surface area (Å²) in [5.74, 6) is -0.225. The van der Waals surface area contributed by atoms with Crippen molar-refractivity contribution in [1.29, 1.82) is 0 Å². The van der Waals surface area contributed by atoms with E-state index in [0.29, 0.717) is 138 Å². The quantitative estimate of drug-likeness (QED) is 0.0307. The molecule has 5 saturated heterocycles. The normalized spacial score (nSPS) is 18.5. The molecule has 5 aliphatic rings. The van der Waals surface area contributed by atoms with Crippen molar-refractivity contribution in [3.63, 3.8) is 0 Å². The van der Waals surface area contributed by atoms with Gasteiger partial charge >= 0.3 is 11.9 Å². The van der Waals surface area contributed by atoms with E-state index < -0.39 is 79.6 Å². The maximum atomic E-state index is 14.2. The SMILES string of the molecule is CS(=O)(=O)NCC1CCCN(c2ncnc3cc(C(=O)O)ccc23)C1.CS(=O)(=O)NCC1CCCN(c2ncnc3cc(C(N)=O)c(F)cc23)C1.CS(=O)(=O)NCC1CCCN(c2ncnc3ccc(C(=O)O)cc23)C1.Cc1cc2ncnc(N3CCCC(CNS(C)(=O)=O)C3)c2cc1F.[C-]#[N+]c1cc2ncnc(N3CCCC(CNS(C)(=O)=O)C3)c2cc1F. The van der Waals surface area contributed by atoms with Gasteiger partial charge in [0.25, 0.3) is 5.91 Å². The molecular weight excluding hydrogens is 1730 g/mol. The van der Waals surface area contributed by atoms with Crippen LogP contribution in [0.25, 0.3) is 59.4 Å². The molecule has 37 nitrogen and oxygen atoms in total. The summed E-state index contributed by atoms with van der Waals surface area (Å²) in [6, 6.07) is 18.1. The van der Waals surface area contributed by atoms with Gasteiger partial charge in [0.2, 0.25) is 55.8 Å². The van der Waals surface area contributed by atoms with E-state index in [2.05, 4.69) is 93.0 Å². The molecule has 45 heteroatoms. The number of anilines is 5. The number of carbonyl (C=O) groups is 3. The van der Waals surface area contributed by atoms with Crippen LogP contribution < -0.4 is 53.8 Å². The molecule has 0 radical (unpaired) electrons. The fourth-order valence-corrected chi connectivity index (χ4v) is 18.3. The first kappa shape index (κ1) is 94.7. The molecule has 0 spiro atoms. The van der Waals surface area contributed by atoms with Gasteiger partial charge in [-0.2, -0.15) is 0 Å². The number of carboxylic acids is 2. The Bertz CT molecular complexity index is 6300. The zero-order chi connectivity index (χ0) is 90.3. The maximum Gasteiger partial charge on any atom is 0.335 e. The number of nitrogens with one attached hydrogen (secondary N) is 5. The van der Waals surface area contributed by atoms with Gasteiger partial charge in [-0.3, -0.25) is 4.79 Å². The van der Waals surface area contributed by atoms with Crippen LogP contribution in [-0.4, -0.2) is 249 Å². The number of primary amides is 1. The van der Waals surface area contributed by atoms with E-state index in [0.717, 1.165) is 145 Å². The molecule has 0 aliphatic carbocycles. The standard InChI is InChI=1S/C16H20FN5O3S.C16H18FN5O2S.C16H21FN4O2S.2C16H20N4O4S/c1-26(24,25)21-7-10-3-2-4-22(8-10)16-12-5-13(17)11(15(18)23)6-14(12)19-9-20-16;1-18-15-7-14-12(6-13(15)17)16(20-10-19-14)22-5-3-4-11(9-22)8-21-25(2,23)24;1-11-6-15-13(7-14(11)17)16(19-10-18-15)21-5-3-4-12(9-21)8-20-24(2,22)23;1-25(23,24)19-8-11-3-2-6-20(9-11)15-13-7-12(16(21)22)4-5-14(13)17-10-18-15;1-25(23,24)19-8-11-3-2-6-20(9-11)15-13-5-4-12(16(21)22)7-14(13)17-10-18-15/h5-6,9-10,21H,2-4,7-8H2,1H3,(H2,18,23);6-7,10-11,21H,3-5,8-9H2,2H3;6-7,10,12,20H,3-5,8-9H2,1-2H3;2*4-5,7,10-11,19H,2-3,6,8-9H2,1H3,(H,21,22). The van der Waals surface area contributed by atoms with Gasteiger partial charge in [-0.15, -0.1) is 0 Å². The highest BCUT2D eigenvalue weighted by atomic mass is 32.2. The van der Waals surface area contributed by atoms with Gasteiger partial charge in [0.1, 0.15) is 78.2 Å². The van der Waals surface area contributed by atoms with E-state index in [-0.39, 0.29) is 57.8 Å². The number of piperidine rings is 5. The fraction of sp³-hybridized carbons (Fsp3) is 0.450. The number of amides is 1. The molecule has 5 unspecified atom stereocenters. The molecule has 1 amide bonds. The van der Waals surface area contributed by atoms with Crippen LogP contribution in [0.4, 0.5) is 47.9 Å². The Morgan fingerprint density at radius 2 is 0.680 bits per heavy atom. The van der Waals surface area contributed by atoms with E-state index in [4.69, 9.17) is 17.4 Å². The van der Waals surface area contributed by atoms with Crippen LogP contribution >= 0.6 is 0 Å². The minimum absolute atomic E-state index is 0.0639. The number of aryl methyl sites for hydroxylation is 1. The second-order valence-electron chi connectivity index (χ2n) is 31.7. The van der Waals surface area contributed by atoms with Crippen LogP contribution in [0.5, 0.6) is 0 Å². The topological polar surface area (TPSA) is 498 Å². The van der Waals surface area contributed by atoms with Gasteiger partial charge in [0.15, 0.2) is 0 Å². The van der Waals surface area contributed by atoms with Crippen molar-refractivity contribution in [2.45, 2.75) is 71.1 Å². The number of fused-ring (bicyclic) bond motifs is 5. The largest absolute Gasteiger partial charge is 0.478 e. The molecule has 0 saturated carbocycles. The molecule has 15 rings (SSSR count). The first-order chi connectivity index (χ1) is 59.1. The lowest BCUT2D eigenvalue weighted by molar-refractivity contribution is 0.0686. The molecule has 10 aromatic rings. The average molecular weight is 1830 g/mol. The highest BCUT2D eigenvalue weighted by molar-refractivity contribution is 7.89. The zero-order valence-corrected chi connectivity index (χ0v) is 73.6. The average Bonchev–Trinajstić information content (AvgIpc) is 0.820. The molecule has 9 N–H and O–H groups in total. The number of aromatic nitrogens is 10. The summed E-state index contributed by atoms with van der Waals surface area (Å²) in [6.07, 6.45) is 22.1. The third-order valence-corrected chi connectivity index (χ3v) is 25.1. The summed E-state index contributed by atoms with van der Waals surface area (Å²) in [6.45, 7) is 17.8. The number of nitrogens with two attached hydrogens (primary N) is 1. The van der Waals surface area contributed by atoms with Crippen molar-refractivity contribution in [3.8, 4) is 0 Å². The number of halogens is 3. The van der Waals surface area contributed by atoms with Gasteiger partial charge in [-0.25, -0.2) is 143 Å². The van der Waals surface area contributed by atoms with Crippen LogP contribution in [0, 0.1) is 60.5 Å². The summed E-state index contributed by atoms with van der Waals surface area (Å²) < 4.78 is 168. The number of aromatic carboxylic acids is 2. The van der Waals surface area contributed by atoms with Crippen LogP contribution in [0.1, 0.15) is 101 Å². The number of nitrogens with zero attached hydrogens (tertiary/aromatic N) is 16. The first-order valence-electron chi connectivity index (χ1n) is 40.0. The number of sulfonamides is 5. The first-order valence-corrected chi connectivity index (χ1v) is 49.5.